The third-order valence-electron chi connectivity index (χ3n) is 2.46. The first-order chi connectivity index (χ1) is 8.20. The first-order valence-corrected chi connectivity index (χ1v) is 5.92. The Morgan fingerprint density at radius 3 is 2.39 bits per heavy atom. The van der Waals surface area contributed by atoms with Gasteiger partial charge < -0.3 is 5.73 Å². The molecule has 0 aliphatic rings. The lowest BCUT2D eigenvalue weighted by Gasteiger charge is -2.12. The fourth-order valence-electron chi connectivity index (χ4n) is 1.50. The summed E-state index contributed by atoms with van der Waals surface area (Å²) in [5.74, 6) is 4.83. The zero-order valence-electron chi connectivity index (χ0n) is 11.3. The predicted molar refractivity (Wildman–Crippen MR) is 69.9 cm³/mol. The van der Waals surface area contributed by atoms with Crippen molar-refractivity contribution in [2.24, 2.45) is 11.1 Å². The molecule has 18 heavy (non-hydrogen) atoms. The summed E-state index contributed by atoms with van der Waals surface area (Å²) in [7, 11) is 0. The molecule has 0 saturated carbocycles. The van der Waals surface area contributed by atoms with E-state index < -0.39 is 17.7 Å². The SMILES string of the molecule is Cc1cc(C(N)CC#CC(C)(C)C)c(F)cc1F. The van der Waals surface area contributed by atoms with Crippen LogP contribution in [-0.4, -0.2) is 0 Å². The fourth-order valence-corrected chi connectivity index (χ4v) is 1.50. The van der Waals surface area contributed by atoms with Gasteiger partial charge in [0.25, 0.3) is 0 Å². The van der Waals surface area contributed by atoms with Crippen molar-refractivity contribution in [3.05, 3.63) is 34.9 Å². The quantitative estimate of drug-likeness (QED) is 0.797. The van der Waals surface area contributed by atoms with Gasteiger partial charge in [0.1, 0.15) is 11.6 Å². The summed E-state index contributed by atoms with van der Waals surface area (Å²) in [5.41, 5.74) is 6.49. The Labute approximate surface area is 107 Å². The molecule has 0 heterocycles. The summed E-state index contributed by atoms with van der Waals surface area (Å²) in [6.07, 6.45) is 0.360. The highest BCUT2D eigenvalue weighted by Gasteiger charge is 2.13. The molecule has 1 nitrogen and oxygen atoms in total. The van der Waals surface area contributed by atoms with Crippen molar-refractivity contribution in [2.75, 3.05) is 0 Å². The van der Waals surface area contributed by atoms with Crippen molar-refractivity contribution in [3.8, 4) is 11.8 Å². The highest BCUT2D eigenvalue weighted by atomic mass is 19.1. The Morgan fingerprint density at radius 1 is 1.22 bits per heavy atom. The average molecular weight is 251 g/mol. The summed E-state index contributed by atoms with van der Waals surface area (Å²) in [6.45, 7) is 7.57. The maximum atomic E-state index is 13.6. The molecule has 0 saturated heterocycles. The molecule has 0 bridgehead atoms. The van der Waals surface area contributed by atoms with Crippen molar-refractivity contribution in [3.63, 3.8) is 0 Å². The van der Waals surface area contributed by atoms with Crippen molar-refractivity contribution in [1.29, 1.82) is 0 Å². The van der Waals surface area contributed by atoms with Gasteiger partial charge in [-0.1, -0.05) is 5.92 Å². The summed E-state index contributed by atoms with van der Waals surface area (Å²) < 4.78 is 26.7. The summed E-state index contributed by atoms with van der Waals surface area (Å²) in [6, 6.07) is 1.80. The molecule has 3 heteroatoms. The Hall–Kier alpha value is -1.40. The van der Waals surface area contributed by atoms with E-state index in [9.17, 15) is 8.78 Å². The van der Waals surface area contributed by atoms with Crippen LogP contribution in [0.1, 0.15) is 44.4 Å². The number of hydrogen-bond donors (Lipinski definition) is 1. The molecule has 0 aliphatic heterocycles. The topological polar surface area (TPSA) is 26.0 Å². The summed E-state index contributed by atoms with van der Waals surface area (Å²) in [5, 5.41) is 0. The highest BCUT2D eigenvalue weighted by molar-refractivity contribution is 5.29. The average Bonchev–Trinajstić information content (AvgIpc) is 2.21. The van der Waals surface area contributed by atoms with Gasteiger partial charge in [0.05, 0.1) is 0 Å². The number of aryl methyl sites for hydroxylation is 1. The van der Waals surface area contributed by atoms with Crippen LogP contribution in [0.15, 0.2) is 12.1 Å². The van der Waals surface area contributed by atoms with Crippen LogP contribution in [0.4, 0.5) is 8.78 Å². The highest BCUT2D eigenvalue weighted by Crippen LogP contribution is 2.21. The second-order valence-electron chi connectivity index (χ2n) is 5.49. The third kappa shape index (κ3) is 4.12. The van der Waals surface area contributed by atoms with Gasteiger partial charge in [0.2, 0.25) is 0 Å². The van der Waals surface area contributed by atoms with E-state index in [1.807, 2.05) is 20.8 Å². The minimum atomic E-state index is -0.608. The van der Waals surface area contributed by atoms with Crippen molar-refractivity contribution in [2.45, 2.75) is 40.2 Å². The van der Waals surface area contributed by atoms with Crippen LogP contribution in [0.25, 0.3) is 0 Å². The molecule has 0 fully saturated rings. The zero-order chi connectivity index (χ0) is 13.9. The van der Waals surface area contributed by atoms with Gasteiger partial charge in [-0.25, -0.2) is 8.78 Å². The van der Waals surface area contributed by atoms with E-state index in [1.54, 1.807) is 6.92 Å². The van der Waals surface area contributed by atoms with Crippen LogP contribution >= 0.6 is 0 Å². The normalized spacial score (nSPS) is 12.8. The molecule has 0 radical (unpaired) electrons. The van der Waals surface area contributed by atoms with E-state index in [-0.39, 0.29) is 5.41 Å². The monoisotopic (exact) mass is 251 g/mol. The van der Waals surface area contributed by atoms with Gasteiger partial charge >= 0.3 is 0 Å². The smallest absolute Gasteiger partial charge is 0.130 e. The van der Waals surface area contributed by atoms with Crippen LogP contribution in [0.3, 0.4) is 0 Å². The number of nitrogens with two attached hydrogens (primary N) is 1. The molecule has 0 aromatic heterocycles. The van der Waals surface area contributed by atoms with Gasteiger partial charge in [-0.05, 0) is 39.3 Å². The van der Waals surface area contributed by atoms with Crippen LogP contribution in [0, 0.1) is 35.8 Å². The molecule has 1 aromatic rings. The largest absolute Gasteiger partial charge is 0.323 e. The minimum absolute atomic E-state index is 0.100. The molecule has 1 rings (SSSR count). The molecule has 1 atom stereocenters. The van der Waals surface area contributed by atoms with Crippen molar-refractivity contribution in [1.82, 2.24) is 0 Å². The number of rotatable bonds is 2. The molecular formula is C15H19F2N. The predicted octanol–water partition coefficient (Wildman–Crippen LogP) is 3.71. The first kappa shape index (κ1) is 14.7. The van der Waals surface area contributed by atoms with E-state index in [1.165, 1.54) is 6.07 Å². The van der Waals surface area contributed by atoms with Crippen LogP contribution < -0.4 is 5.73 Å². The Balaban J connectivity index is 2.87. The molecule has 1 aromatic carbocycles. The van der Waals surface area contributed by atoms with Gasteiger partial charge in [-0.3, -0.25) is 0 Å². The third-order valence-corrected chi connectivity index (χ3v) is 2.46. The van der Waals surface area contributed by atoms with Gasteiger partial charge in [-0.2, -0.15) is 0 Å². The number of benzene rings is 1. The lowest BCUT2D eigenvalue weighted by Crippen LogP contribution is -2.12. The fraction of sp³-hybridized carbons (Fsp3) is 0.467. The van der Waals surface area contributed by atoms with Crippen LogP contribution in [0.2, 0.25) is 0 Å². The van der Waals surface area contributed by atoms with Crippen molar-refractivity contribution < 1.29 is 8.78 Å². The second kappa shape index (κ2) is 5.49. The van der Waals surface area contributed by atoms with E-state index >= 15 is 0 Å². The molecular weight excluding hydrogens is 232 g/mol. The first-order valence-electron chi connectivity index (χ1n) is 5.92. The summed E-state index contributed by atoms with van der Waals surface area (Å²) in [4.78, 5) is 0. The van der Waals surface area contributed by atoms with E-state index in [0.29, 0.717) is 17.5 Å². The van der Waals surface area contributed by atoms with Gasteiger partial charge in [0.15, 0.2) is 0 Å². The zero-order valence-corrected chi connectivity index (χ0v) is 11.3. The number of hydrogen-bond acceptors (Lipinski definition) is 1. The van der Waals surface area contributed by atoms with E-state index in [0.717, 1.165) is 6.07 Å². The van der Waals surface area contributed by atoms with E-state index in [4.69, 9.17) is 5.73 Å². The Morgan fingerprint density at radius 2 is 1.83 bits per heavy atom. The summed E-state index contributed by atoms with van der Waals surface area (Å²) >= 11 is 0. The van der Waals surface area contributed by atoms with Gasteiger partial charge in [-0.15, -0.1) is 5.92 Å². The second-order valence-corrected chi connectivity index (χ2v) is 5.49. The van der Waals surface area contributed by atoms with Gasteiger partial charge in [0, 0.05) is 29.5 Å². The molecule has 2 N–H and O–H groups in total. The molecule has 1 unspecified atom stereocenters. The maximum Gasteiger partial charge on any atom is 0.130 e. The Bertz CT molecular complexity index is 490. The van der Waals surface area contributed by atoms with Crippen molar-refractivity contribution >= 4 is 0 Å². The molecule has 0 spiro atoms. The standard InChI is InChI=1S/C15H19F2N/c1-10-8-11(13(17)9-12(10)16)14(18)6-5-7-15(2,3)4/h8-9,14H,6,18H2,1-4H3. The van der Waals surface area contributed by atoms with Crippen LogP contribution in [-0.2, 0) is 0 Å². The maximum absolute atomic E-state index is 13.6. The molecule has 0 amide bonds. The lowest BCUT2D eigenvalue weighted by atomic mass is 9.96. The molecule has 98 valence electrons. The van der Waals surface area contributed by atoms with E-state index in [2.05, 4.69) is 11.8 Å². The van der Waals surface area contributed by atoms with Crippen LogP contribution in [0.5, 0.6) is 0 Å². The lowest BCUT2D eigenvalue weighted by molar-refractivity contribution is 0.551. The Kier molecular flexibility index (Phi) is 4.48. The minimum Gasteiger partial charge on any atom is -0.323 e. The number of halogens is 2. The molecule has 0 aliphatic carbocycles.